The van der Waals surface area contributed by atoms with Crippen molar-refractivity contribution in [2.45, 2.75) is 32.9 Å². The number of carbonyl (C=O) groups is 2. The lowest BCUT2D eigenvalue weighted by Gasteiger charge is -2.26. The number of nitrogens with one attached hydrogen (secondary N) is 1. The lowest BCUT2D eigenvalue weighted by Crippen LogP contribution is -2.44. The molecule has 1 aromatic heterocycles. The third-order valence-electron chi connectivity index (χ3n) is 2.33. The molecule has 0 spiro atoms. The highest BCUT2D eigenvalue weighted by Crippen LogP contribution is 2.05. The molecule has 7 heteroatoms. The van der Waals surface area contributed by atoms with Crippen LogP contribution in [0, 0.1) is 0 Å². The van der Waals surface area contributed by atoms with E-state index in [0.29, 0.717) is 6.54 Å². The second-order valence-corrected chi connectivity index (χ2v) is 4.99. The molecule has 0 fully saturated rings. The minimum atomic E-state index is -0.909. The van der Waals surface area contributed by atoms with Crippen molar-refractivity contribution in [3.05, 3.63) is 16.6 Å². The monoisotopic (exact) mass is 271 g/mol. The Bertz CT molecular complexity index is 392. The van der Waals surface area contributed by atoms with Gasteiger partial charge >= 0.3 is 12.0 Å². The van der Waals surface area contributed by atoms with Crippen LogP contribution in [0.1, 0.15) is 25.3 Å². The van der Waals surface area contributed by atoms with Crippen LogP contribution in [-0.4, -0.2) is 39.6 Å². The van der Waals surface area contributed by atoms with Crippen LogP contribution in [0.3, 0.4) is 0 Å². The second kappa shape index (κ2) is 6.95. The van der Waals surface area contributed by atoms with E-state index in [2.05, 4.69) is 10.3 Å². The molecule has 1 aromatic rings. The van der Waals surface area contributed by atoms with Crippen LogP contribution < -0.4 is 5.32 Å². The van der Waals surface area contributed by atoms with Gasteiger partial charge in [0.15, 0.2) is 0 Å². The molecule has 0 aliphatic heterocycles. The van der Waals surface area contributed by atoms with Crippen molar-refractivity contribution < 1.29 is 14.7 Å². The molecule has 6 nitrogen and oxygen atoms in total. The number of hydrogen-bond acceptors (Lipinski definition) is 4. The third kappa shape index (κ3) is 4.70. The van der Waals surface area contributed by atoms with Crippen molar-refractivity contribution in [2.24, 2.45) is 0 Å². The van der Waals surface area contributed by atoms with E-state index >= 15 is 0 Å². The first kappa shape index (κ1) is 14.4. The van der Waals surface area contributed by atoms with Gasteiger partial charge in [-0.05, 0) is 13.8 Å². The highest BCUT2D eigenvalue weighted by Gasteiger charge is 2.17. The summed E-state index contributed by atoms with van der Waals surface area (Å²) in [6.45, 7) is 4.28. The molecule has 0 aromatic carbocycles. The van der Waals surface area contributed by atoms with Gasteiger partial charge in [-0.25, -0.2) is 9.78 Å². The van der Waals surface area contributed by atoms with Crippen LogP contribution in [0.15, 0.2) is 11.6 Å². The van der Waals surface area contributed by atoms with Gasteiger partial charge in [-0.3, -0.25) is 4.79 Å². The Balaban J connectivity index is 2.46. The van der Waals surface area contributed by atoms with Crippen molar-refractivity contribution >= 4 is 23.3 Å². The van der Waals surface area contributed by atoms with Crippen molar-refractivity contribution in [2.75, 3.05) is 6.54 Å². The number of carboxylic acids is 1. The van der Waals surface area contributed by atoms with Crippen LogP contribution in [0.25, 0.3) is 0 Å². The normalized spacial score (nSPS) is 10.4. The first-order valence-corrected chi connectivity index (χ1v) is 6.53. The fraction of sp³-hybridized carbons (Fsp3) is 0.545. The molecule has 0 aliphatic rings. The van der Waals surface area contributed by atoms with E-state index in [4.69, 9.17) is 5.11 Å². The van der Waals surface area contributed by atoms with Gasteiger partial charge in [0.05, 0.1) is 13.0 Å². The minimum Gasteiger partial charge on any atom is -0.481 e. The molecule has 100 valence electrons. The number of nitrogens with zero attached hydrogens (tertiary/aromatic N) is 2. The zero-order chi connectivity index (χ0) is 13.5. The van der Waals surface area contributed by atoms with Crippen molar-refractivity contribution in [1.29, 1.82) is 0 Å². The molecule has 0 bridgehead atoms. The molecule has 2 N–H and O–H groups in total. The predicted octanol–water partition coefficient (Wildman–Crippen LogP) is 1.54. The van der Waals surface area contributed by atoms with Gasteiger partial charge in [0.25, 0.3) is 0 Å². The Kier molecular flexibility index (Phi) is 5.57. The van der Waals surface area contributed by atoms with Crippen LogP contribution in [-0.2, 0) is 11.3 Å². The zero-order valence-corrected chi connectivity index (χ0v) is 11.2. The lowest BCUT2D eigenvalue weighted by atomic mass is 10.3. The van der Waals surface area contributed by atoms with Crippen molar-refractivity contribution in [1.82, 2.24) is 15.2 Å². The van der Waals surface area contributed by atoms with Crippen LogP contribution in [0.4, 0.5) is 4.79 Å². The van der Waals surface area contributed by atoms with Gasteiger partial charge in [0.1, 0.15) is 5.01 Å². The molecule has 0 unspecified atom stereocenters. The molecule has 1 rings (SSSR count). The van der Waals surface area contributed by atoms with E-state index in [1.54, 1.807) is 6.20 Å². The smallest absolute Gasteiger partial charge is 0.317 e. The van der Waals surface area contributed by atoms with E-state index < -0.39 is 5.97 Å². The number of rotatable bonds is 6. The third-order valence-corrected chi connectivity index (χ3v) is 3.10. The highest BCUT2D eigenvalue weighted by molar-refractivity contribution is 7.09. The van der Waals surface area contributed by atoms with Crippen LogP contribution in [0.2, 0.25) is 0 Å². The Labute approximate surface area is 110 Å². The summed E-state index contributed by atoms with van der Waals surface area (Å²) in [5.74, 6) is -0.909. The summed E-state index contributed by atoms with van der Waals surface area (Å²) in [7, 11) is 0. The molecular weight excluding hydrogens is 254 g/mol. The molecule has 2 amide bonds. The molecule has 0 atom stereocenters. The topological polar surface area (TPSA) is 82.5 Å². The summed E-state index contributed by atoms with van der Waals surface area (Å²) >= 11 is 1.46. The fourth-order valence-electron chi connectivity index (χ4n) is 1.40. The van der Waals surface area contributed by atoms with E-state index in [1.165, 1.54) is 16.2 Å². The molecule has 18 heavy (non-hydrogen) atoms. The number of aliphatic carboxylic acids is 1. The maximum atomic E-state index is 11.9. The van der Waals surface area contributed by atoms with Crippen LogP contribution in [0.5, 0.6) is 0 Å². The highest BCUT2D eigenvalue weighted by atomic mass is 32.1. The Hall–Kier alpha value is -1.63. The predicted molar refractivity (Wildman–Crippen MR) is 68.4 cm³/mol. The largest absolute Gasteiger partial charge is 0.481 e. The SMILES string of the molecule is CC(C)N(CCC(=O)O)C(=O)NCc1nccs1. The molecule has 0 saturated carbocycles. The molecule has 0 radical (unpaired) electrons. The minimum absolute atomic E-state index is 0.0411. The summed E-state index contributed by atoms with van der Waals surface area (Å²) in [5.41, 5.74) is 0. The van der Waals surface area contributed by atoms with E-state index in [0.717, 1.165) is 5.01 Å². The maximum absolute atomic E-state index is 11.9. The number of hydrogen-bond donors (Lipinski definition) is 2. The Morgan fingerprint density at radius 1 is 1.56 bits per heavy atom. The number of amides is 2. The molecular formula is C11H17N3O3S. The Morgan fingerprint density at radius 3 is 2.78 bits per heavy atom. The average Bonchev–Trinajstić information content (AvgIpc) is 2.78. The first-order valence-electron chi connectivity index (χ1n) is 5.65. The summed E-state index contributed by atoms with van der Waals surface area (Å²) < 4.78 is 0. The number of carboxylic acid groups (broad SMARTS) is 1. The second-order valence-electron chi connectivity index (χ2n) is 4.02. The average molecular weight is 271 g/mol. The number of carbonyl (C=O) groups excluding carboxylic acids is 1. The summed E-state index contributed by atoms with van der Waals surface area (Å²) in [6.07, 6.45) is 1.62. The maximum Gasteiger partial charge on any atom is 0.317 e. The lowest BCUT2D eigenvalue weighted by molar-refractivity contribution is -0.137. The van der Waals surface area contributed by atoms with Gasteiger partial charge < -0.3 is 15.3 Å². The quantitative estimate of drug-likeness (QED) is 0.822. The summed E-state index contributed by atoms with van der Waals surface area (Å²) in [5, 5.41) is 14.0. The summed E-state index contributed by atoms with van der Waals surface area (Å²) in [4.78, 5) is 28.0. The standard InChI is InChI=1S/C11H17N3O3S/c1-8(2)14(5-3-10(15)16)11(17)13-7-9-12-4-6-18-9/h4,6,8H,3,5,7H2,1-2H3,(H,13,17)(H,15,16). The number of urea groups is 1. The summed E-state index contributed by atoms with van der Waals surface area (Å²) in [6, 6.07) is -0.304. The van der Waals surface area contributed by atoms with E-state index in [9.17, 15) is 9.59 Å². The van der Waals surface area contributed by atoms with E-state index in [-0.39, 0.29) is 25.0 Å². The van der Waals surface area contributed by atoms with Gasteiger partial charge in [-0.15, -0.1) is 11.3 Å². The molecule has 0 aliphatic carbocycles. The zero-order valence-electron chi connectivity index (χ0n) is 10.4. The van der Waals surface area contributed by atoms with E-state index in [1.807, 2.05) is 19.2 Å². The first-order chi connectivity index (χ1) is 8.50. The van der Waals surface area contributed by atoms with Crippen molar-refractivity contribution in [3.8, 4) is 0 Å². The van der Waals surface area contributed by atoms with Gasteiger partial charge in [0.2, 0.25) is 0 Å². The number of thiazole rings is 1. The van der Waals surface area contributed by atoms with Crippen molar-refractivity contribution in [3.63, 3.8) is 0 Å². The van der Waals surface area contributed by atoms with Gasteiger partial charge in [-0.1, -0.05) is 0 Å². The van der Waals surface area contributed by atoms with Crippen LogP contribution >= 0.6 is 11.3 Å². The Morgan fingerprint density at radius 2 is 2.28 bits per heavy atom. The molecule has 1 heterocycles. The number of aromatic nitrogens is 1. The van der Waals surface area contributed by atoms with Gasteiger partial charge in [-0.2, -0.15) is 0 Å². The molecule has 0 saturated heterocycles. The van der Waals surface area contributed by atoms with Gasteiger partial charge in [0, 0.05) is 24.2 Å². The fourth-order valence-corrected chi connectivity index (χ4v) is 1.96.